The summed E-state index contributed by atoms with van der Waals surface area (Å²) < 4.78 is 14.9. The van der Waals surface area contributed by atoms with E-state index < -0.39 is 0 Å². The van der Waals surface area contributed by atoms with Gasteiger partial charge in [0.2, 0.25) is 0 Å². The van der Waals surface area contributed by atoms with Gasteiger partial charge in [0, 0.05) is 25.7 Å². The minimum Gasteiger partial charge on any atom is -0.316 e. The number of aryl methyl sites for hydroxylation is 1. The number of rotatable bonds is 2. The Morgan fingerprint density at radius 1 is 1.21 bits per heavy atom. The first-order chi connectivity index (χ1) is 9.24. The maximum absolute atomic E-state index is 13.0. The summed E-state index contributed by atoms with van der Waals surface area (Å²) in [6.07, 6.45) is 5.13. The zero-order valence-electron chi connectivity index (χ0n) is 11.0. The molecule has 0 bridgehead atoms. The van der Waals surface area contributed by atoms with Crippen molar-refractivity contribution in [2.75, 3.05) is 13.1 Å². The monoisotopic (exact) mass is 259 g/mol. The molecule has 1 fully saturated rings. The molecular formula is C15H18FN3. The Bertz CT molecular complexity index is 547. The van der Waals surface area contributed by atoms with Gasteiger partial charge in [-0.2, -0.15) is 5.10 Å². The minimum atomic E-state index is -0.176. The molecule has 1 aliphatic rings. The molecule has 3 rings (SSSR count). The van der Waals surface area contributed by atoms with Crippen LogP contribution in [0.15, 0.2) is 36.7 Å². The molecule has 0 saturated carbocycles. The van der Waals surface area contributed by atoms with Gasteiger partial charge in [-0.05, 0) is 42.1 Å². The molecule has 1 aromatic carbocycles. The second-order valence-electron chi connectivity index (χ2n) is 5.20. The quantitative estimate of drug-likeness (QED) is 0.897. The predicted octanol–water partition coefficient (Wildman–Crippen LogP) is 2.42. The van der Waals surface area contributed by atoms with Gasteiger partial charge in [-0.3, -0.25) is 4.68 Å². The van der Waals surface area contributed by atoms with Crippen molar-refractivity contribution in [3.63, 3.8) is 0 Å². The molecule has 2 atom stereocenters. The fraction of sp³-hybridized carbons (Fsp3) is 0.400. The second kappa shape index (κ2) is 5.13. The van der Waals surface area contributed by atoms with Gasteiger partial charge in [0.15, 0.2) is 0 Å². The molecule has 4 heteroatoms. The van der Waals surface area contributed by atoms with Crippen molar-refractivity contribution in [2.24, 2.45) is 7.05 Å². The number of halogens is 1. The van der Waals surface area contributed by atoms with Crippen LogP contribution in [0, 0.1) is 5.82 Å². The van der Waals surface area contributed by atoms with Crippen molar-refractivity contribution < 1.29 is 4.39 Å². The van der Waals surface area contributed by atoms with Gasteiger partial charge in [0.1, 0.15) is 5.82 Å². The van der Waals surface area contributed by atoms with E-state index in [0.29, 0.717) is 11.8 Å². The van der Waals surface area contributed by atoms with Crippen molar-refractivity contribution >= 4 is 0 Å². The summed E-state index contributed by atoms with van der Waals surface area (Å²) in [5.74, 6) is 0.671. The molecule has 3 nitrogen and oxygen atoms in total. The highest BCUT2D eigenvalue weighted by Gasteiger charge is 2.28. The topological polar surface area (TPSA) is 29.9 Å². The number of hydrogen-bond donors (Lipinski definition) is 1. The van der Waals surface area contributed by atoms with Crippen LogP contribution in [-0.2, 0) is 7.05 Å². The molecule has 0 radical (unpaired) electrons. The first kappa shape index (κ1) is 12.4. The normalized spacial score (nSPS) is 23.5. The molecule has 1 saturated heterocycles. The first-order valence-electron chi connectivity index (χ1n) is 6.69. The highest BCUT2D eigenvalue weighted by Crippen LogP contribution is 2.37. The van der Waals surface area contributed by atoms with Gasteiger partial charge in [-0.15, -0.1) is 0 Å². The van der Waals surface area contributed by atoms with Gasteiger partial charge >= 0.3 is 0 Å². The Labute approximate surface area is 112 Å². The summed E-state index contributed by atoms with van der Waals surface area (Å²) in [4.78, 5) is 0. The molecule has 2 aromatic rings. The van der Waals surface area contributed by atoms with Crippen LogP contribution in [0.4, 0.5) is 4.39 Å². The van der Waals surface area contributed by atoms with Crippen LogP contribution in [0.2, 0.25) is 0 Å². The SMILES string of the molecule is Cn1cc(C2CCNCC2c2ccc(F)cc2)cn1. The Morgan fingerprint density at radius 3 is 2.68 bits per heavy atom. The molecule has 1 N–H and O–H groups in total. The summed E-state index contributed by atoms with van der Waals surface area (Å²) in [6, 6.07) is 6.89. The summed E-state index contributed by atoms with van der Waals surface area (Å²) in [6.45, 7) is 1.96. The molecule has 1 aromatic heterocycles. The maximum Gasteiger partial charge on any atom is 0.123 e. The Morgan fingerprint density at radius 2 is 2.00 bits per heavy atom. The van der Waals surface area contributed by atoms with Crippen LogP contribution >= 0.6 is 0 Å². The van der Waals surface area contributed by atoms with Crippen molar-refractivity contribution in [3.8, 4) is 0 Å². The van der Waals surface area contributed by atoms with E-state index in [1.165, 1.54) is 11.1 Å². The molecule has 1 aliphatic heterocycles. The molecule has 0 aliphatic carbocycles. The van der Waals surface area contributed by atoms with Crippen molar-refractivity contribution in [1.82, 2.24) is 15.1 Å². The summed E-state index contributed by atoms with van der Waals surface area (Å²) in [7, 11) is 1.94. The summed E-state index contributed by atoms with van der Waals surface area (Å²) >= 11 is 0. The summed E-state index contributed by atoms with van der Waals surface area (Å²) in [5, 5.41) is 7.70. The van der Waals surface area contributed by atoms with Crippen LogP contribution in [0.5, 0.6) is 0 Å². The van der Waals surface area contributed by atoms with Crippen LogP contribution in [0.1, 0.15) is 29.4 Å². The van der Waals surface area contributed by atoms with Gasteiger partial charge in [0.05, 0.1) is 6.20 Å². The highest BCUT2D eigenvalue weighted by atomic mass is 19.1. The number of hydrogen-bond acceptors (Lipinski definition) is 2. The van der Waals surface area contributed by atoms with Crippen LogP contribution in [-0.4, -0.2) is 22.9 Å². The minimum absolute atomic E-state index is 0.176. The van der Waals surface area contributed by atoms with E-state index >= 15 is 0 Å². The molecule has 0 amide bonds. The fourth-order valence-electron chi connectivity index (χ4n) is 2.95. The smallest absolute Gasteiger partial charge is 0.123 e. The Balaban J connectivity index is 1.90. The van der Waals surface area contributed by atoms with Gasteiger partial charge < -0.3 is 5.32 Å². The molecular weight excluding hydrogens is 241 g/mol. The number of benzene rings is 1. The summed E-state index contributed by atoms with van der Waals surface area (Å²) in [5.41, 5.74) is 2.47. The first-order valence-corrected chi connectivity index (χ1v) is 6.69. The van der Waals surface area contributed by atoms with Crippen molar-refractivity contribution in [1.29, 1.82) is 0 Å². The molecule has 19 heavy (non-hydrogen) atoms. The molecule has 100 valence electrons. The lowest BCUT2D eigenvalue weighted by Crippen LogP contribution is -2.33. The number of piperidine rings is 1. The lowest BCUT2D eigenvalue weighted by atomic mass is 9.78. The fourth-order valence-corrected chi connectivity index (χ4v) is 2.95. The number of nitrogens with one attached hydrogen (secondary N) is 1. The largest absolute Gasteiger partial charge is 0.316 e. The average Bonchev–Trinajstić information content (AvgIpc) is 2.86. The van der Waals surface area contributed by atoms with Crippen LogP contribution < -0.4 is 5.32 Å². The van der Waals surface area contributed by atoms with Gasteiger partial charge in [0.25, 0.3) is 0 Å². The molecule has 2 heterocycles. The zero-order chi connectivity index (χ0) is 13.2. The zero-order valence-corrected chi connectivity index (χ0v) is 11.0. The molecule has 2 unspecified atom stereocenters. The third-order valence-corrected chi connectivity index (χ3v) is 3.93. The molecule has 0 spiro atoms. The van der Waals surface area contributed by atoms with Crippen LogP contribution in [0.25, 0.3) is 0 Å². The van der Waals surface area contributed by atoms with E-state index in [2.05, 4.69) is 16.6 Å². The predicted molar refractivity (Wildman–Crippen MR) is 72.6 cm³/mol. The van der Waals surface area contributed by atoms with E-state index in [1.807, 2.05) is 30.1 Å². The lowest BCUT2D eigenvalue weighted by Gasteiger charge is -2.32. The number of nitrogens with zero attached hydrogens (tertiary/aromatic N) is 2. The van der Waals surface area contributed by atoms with E-state index in [-0.39, 0.29) is 5.82 Å². The average molecular weight is 259 g/mol. The Kier molecular flexibility index (Phi) is 3.34. The highest BCUT2D eigenvalue weighted by molar-refractivity contribution is 5.28. The van der Waals surface area contributed by atoms with Crippen molar-refractivity contribution in [3.05, 3.63) is 53.6 Å². The Hall–Kier alpha value is -1.68. The standard InChI is InChI=1S/C15H18FN3/c1-19-10-12(8-18-19)14-6-7-17-9-15(14)11-2-4-13(16)5-3-11/h2-5,8,10,14-15,17H,6-7,9H2,1H3. The van der Waals surface area contributed by atoms with Crippen molar-refractivity contribution in [2.45, 2.75) is 18.3 Å². The van der Waals surface area contributed by atoms with E-state index in [9.17, 15) is 4.39 Å². The van der Waals surface area contributed by atoms with E-state index in [4.69, 9.17) is 0 Å². The van der Waals surface area contributed by atoms with E-state index in [1.54, 1.807) is 12.1 Å². The number of aromatic nitrogens is 2. The van der Waals surface area contributed by atoms with E-state index in [0.717, 1.165) is 19.5 Å². The van der Waals surface area contributed by atoms with Gasteiger partial charge in [-0.1, -0.05) is 12.1 Å². The lowest BCUT2D eigenvalue weighted by molar-refractivity contribution is 0.403. The van der Waals surface area contributed by atoms with Crippen LogP contribution in [0.3, 0.4) is 0 Å². The van der Waals surface area contributed by atoms with Gasteiger partial charge in [-0.25, -0.2) is 4.39 Å². The third kappa shape index (κ3) is 2.54. The third-order valence-electron chi connectivity index (χ3n) is 3.93. The maximum atomic E-state index is 13.0. The second-order valence-corrected chi connectivity index (χ2v) is 5.20.